The molecule has 1 atom stereocenters. The molecule has 5 heteroatoms. The maximum Gasteiger partial charge on any atom is 0.257 e. The quantitative estimate of drug-likeness (QED) is 0.732. The summed E-state index contributed by atoms with van der Waals surface area (Å²) in [6.45, 7) is 1.80. The van der Waals surface area contributed by atoms with Crippen LogP contribution in [-0.2, 0) is 0 Å². The maximum absolute atomic E-state index is 9.07. The molecule has 0 amide bonds. The molecule has 22 heavy (non-hydrogen) atoms. The third-order valence-corrected chi connectivity index (χ3v) is 3.12. The van der Waals surface area contributed by atoms with Crippen LogP contribution in [0.15, 0.2) is 59.0 Å². The van der Waals surface area contributed by atoms with Crippen LogP contribution in [0.3, 0.4) is 0 Å². The summed E-state index contributed by atoms with van der Waals surface area (Å²) in [6, 6.07) is 18.7. The molecule has 0 saturated heterocycles. The zero-order chi connectivity index (χ0) is 15.4. The molecule has 0 radical (unpaired) electrons. The Morgan fingerprint density at radius 3 is 2.55 bits per heavy atom. The van der Waals surface area contributed by atoms with Crippen LogP contribution in [-0.4, -0.2) is 10.2 Å². The monoisotopic (exact) mass is 291 g/mol. The van der Waals surface area contributed by atoms with Crippen molar-refractivity contribution in [3.63, 3.8) is 0 Å². The van der Waals surface area contributed by atoms with Crippen molar-refractivity contribution in [2.75, 3.05) is 0 Å². The van der Waals surface area contributed by atoms with Crippen molar-refractivity contribution in [1.29, 1.82) is 5.26 Å². The van der Waals surface area contributed by atoms with Crippen LogP contribution in [0, 0.1) is 11.3 Å². The van der Waals surface area contributed by atoms with E-state index >= 15 is 0 Å². The summed E-state index contributed by atoms with van der Waals surface area (Å²) in [5.41, 5.74) is 1.32. The number of ether oxygens (including phenoxy) is 1. The molecule has 0 aliphatic rings. The summed E-state index contributed by atoms with van der Waals surface area (Å²) >= 11 is 0. The largest absolute Gasteiger partial charge is 0.480 e. The third kappa shape index (κ3) is 2.81. The van der Waals surface area contributed by atoms with E-state index in [1.807, 2.05) is 36.4 Å². The lowest BCUT2D eigenvalue weighted by atomic mass is 10.2. The van der Waals surface area contributed by atoms with Crippen LogP contribution in [0.1, 0.15) is 24.5 Å². The highest BCUT2D eigenvalue weighted by Crippen LogP contribution is 2.26. The first kappa shape index (κ1) is 13.8. The van der Waals surface area contributed by atoms with Crippen molar-refractivity contribution in [3.05, 3.63) is 66.1 Å². The Bertz CT molecular complexity index is 806. The van der Waals surface area contributed by atoms with Crippen molar-refractivity contribution < 1.29 is 9.15 Å². The van der Waals surface area contributed by atoms with Gasteiger partial charge in [0.1, 0.15) is 11.8 Å². The molecule has 1 heterocycles. The predicted octanol–water partition coefficient (Wildman–Crippen LogP) is 3.75. The normalized spacial score (nSPS) is 11.6. The Balaban J connectivity index is 1.80. The van der Waals surface area contributed by atoms with Gasteiger partial charge in [-0.25, -0.2) is 0 Å². The van der Waals surface area contributed by atoms with E-state index in [2.05, 4.69) is 16.3 Å². The minimum atomic E-state index is -0.445. The Hall–Kier alpha value is -3.13. The van der Waals surface area contributed by atoms with Crippen molar-refractivity contribution in [1.82, 2.24) is 10.2 Å². The van der Waals surface area contributed by atoms with Crippen LogP contribution in [0.4, 0.5) is 0 Å². The molecule has 3 aromatic rings. The van der Waals surface area contributed by atoms with Gasteiger partial charge in [0.2, 0.25) is 5.89 Å². The molecule has 108 valence electrons. The molecule has 0 aliphatic heterocycles. The van der Waals surface area contributed by atoms with Gasteiger partial charge >= 0.3 is 0 Å². The Morgan fingerprint density at radius 1 is 1.05 bits per heavy atom. The highest BCUT2D eigenvalue weighted by Gasteiger charge is 2.17. The molecule has 0 spiro atoms. The summed E-state index contributed by atoms with van der Waals surface area (Å²) in [5.74, 6) is 1.31. The number of para-hydroxylation sites is 1. The third-order valence-electron chi connectivity index (χ3n) is 3.12. The number of hydrogen-bond donors (Lipinski definition) is 0. The smallest absolute Gasteiger partial charge is 0.257 e. The van der Waals surface area contributed by atoms with E-state index in [0.29, 0.717) is 23.1 Å². The fourth-order valence-electron chi connectivity index (χ4n) is 2.00. The zero-order valence-electron chi connectivity index (χ0n) is 11.9. The SMILES string of the molecule is C[C@@H](Oc1ccccc1C#N)c1nnc(-c2ccccc2)o1. The Kier molecular flexibility index (Phi) is 3.84. The lowest BCUT2D eigenvalue weighted by Gasteiger charge is -2.11. The van der Waals surface area contributed by atoms with Gasteiger partial charge in [-0.3, -0.25) is 0 Å². The first-order chi connectivity index (χ1) is 10.8. The van der Waals surface area contributed by atoms with E-state index in [-0.39, 0.29) is 0 Å². The molecule has 2 aromatic carbocycles. The van der Waals surface area contributed by atoms with Crippen molar-refractivity contribution in [2.24, 2.45) is 0 Å². The molecule has 5 nitrogen and oxygen atoms in total. The second-order valence-corrected chi connectivity index (χ2v) is 4.68. The number of aromatic nitrogens is 2. The fourth-order valence-corrected chi connectivity index (χ4v) is 2.00. The molecule has 3 rings (SSSR count). The predicted molar refractivity (Wildman–Crippen MR) is 79.9 cm³/mol. The Labute approximate surface area is 127 Å². The lowest BCUT2D eigenvalue weighted by Crippen LogP contribution is -2.04. The minimum Gasteiger partial charge on any atom is -0.480 e. The van der Waals surface area contributed by atoms with E-state index in [9.17, 15) is 0 Å². The average Bonchev–Trinajstić information content (AvgIpc) is 3.06. The first-order valence-corrected chi connectivity index (χ1v) is 6.82. The first-order valence-electron chi connectivity index (χ1n) is 6.82. The van der Waals surface area contributed by atoms with Gasteiger partial charge in [-0.15, -0.1) is 10.2 Å². The number of nitrogens with zero attached hydrogens (tertiary/aromatic N) is 3. The summed E-state index contributed by atoms with van der Waals surface area (Å²) in [6.07, 6.45) is -0.445. The van der Waals surface area contributed by atoms with Gasteiger partial charge in [-0.1, -0.05) is 30.3 Å². The molecular weight excluding hydrogens is 278 g/mol. The minimum absolute atomic E-state index is 0.367. The average molecular weight is 291 g/mol. The van der Waals surface area contributed by atoms with Crippen LogP contribution in [0.5, 0.6) is 5.75 Å². The summed E-state index contributed by atoms with van der Waals surface area (Å²) in [5, 5.41) is 17.1. The summed E-state index contributed by atoms with van der Waals surface area (Å²) < 4.78 is 11.4. The van der Waals surface area contributed by atoms with E-state index in [1.165, 1.54) is 0 Å². The van der Waals surface area contributed by atoms with E-state index in [4.69, 9.17) is 14.4 Å². The number of nitriles is 1. The maximum atomic E-state index is 9.07. The Morgan fingerprint density at radius 2 is 1.77 bits per heavy atom. The second kappa shape index (κ2) is 6.10. The van der Waals surface area contributed by atoms with Gasteiger partial charge in [0.25, 0.3) is 5.89 Å². The molecule has 0 N–H and O–H groups in total. The standard InChI is InChI=1S/C17H13N3O2/c1-12(21-15-10-6-5-9-14(15)11-18)16-19-20-17(22-16)13-7-3-2-4-8-13/h2-10,12H,1H3/t12-/m1/s1. The molecule has 0 fully saturated rings. The number of rotatable bonds is 4. The topological polar surface area (TPSA) is 71.9 Å². The number of benzene rings is 2. The van der Waals surface area contributed by atoms with Crippen LogP contribution in [0.2, 0.25) is 0 Å². The van der Waals surface area contributed by atoms with E-state index in [0.717, 1.165) is 5.56 Å². The lowest BCUT2D eigenvalue weighted by molar-refractivity contribution is 0.189. The van der Waals surface area contributed by atoms with Gasteiger partial charge < -0.3 is 9.15 Å². The van der Waals surface area contributed by atoms with Crippen molar-refractivity contribution in [2.45, 2.75) is 13.0 Å². The van der Waals surface area contributed by atoms with Crippen LogP contribution >= 0.6 is 0 Å². The molecule has 0 saturated carbocycles. The van der Waals surface area contributed by atoms with E-state index < -0.39 is 6.10 Å². The van der Waals surface area contributed by atoms with Gasteiger partial charge in [-0.2, -0.15) is 5.26 Å². The number of hydrogen-bond acceptors (Lipinski definition) is 5. The summed E-state index contributed by atoms with van der Waals surface area (Å²) in [4.78, 5) is 0. The van der Waals surface area contributed by atoms with Gasteiger partial charge in [0.15, 0.2) is 6.10 Å². The molecule has 0 aliphatic carbocycles. The molecular formula is C17H13N3O2. The second-order valence-electron chi connectivity index (χ2n) is 4.68. The van der Waals surface area contributed by atoms with Crippen LogP contribution < -0.4 is 4.74 Å². The molecule has 0 bridgehead atoms. The van der Waals surface area contributed by atoms with Gasteiger partial charge in [-0.05, 0) is 31.2 Å². The van der Waals surface area contributed by atoms with Gasteiger partial charge in [0, 0.05) is 5.56 Å². The highest BCUT2D eigenvalue weighted by molar-refractivity contribution is 5.51. The molecule has 0 unspecified atom stereocenters. The highest BCUT2D eigenvalue weighted by atomic mass is 16.5. The summed E-state index contributed by atoms with van der Waals surface area (Å²) in [7, 11) is 0. The van der Waals surface area contributed by atoms with Crippen LogP contribution in [0.25, 0.3) is 11.5 Å². The van der Waals surface area contributed by atoms with E-state index in [1.54, 1.807) is 25.1 Å². The van der Waals surface area contributed by atoms with Crippen molar-refractivity contribution >= 4 is 0 Å². The van der Waals surface area contributed by atoms with Gasteiger partial charge in [0.05, 0.1) is 5.56 Å². The van der Waals surface area contributed by atoms with Crippen molar-refractivity contribution in [3.8, 4) is 23.3 Å². The zero-order valence-corrected chi connectivity index (χ0v) is 11.9. The molecule has 1 aromatic heterocycles. The fraction of sp³-hybridized carbons (Fsp3) is 0.118.